The van der Waals surface area contributed by atoms with Gasteiger partial charge in [-0.25, -0.2) is 0 Å². The monoisotopic (exact) mass is 514 g/mol. The highest BCUT2D eigenvalue weighted by Crippen LogP contribution is 2.46. The number of anilines is 1. The molecule has 0 bridgehead atoms. The van der Waals surface area contributed by atoms with E-state index in [4.69, 9.17) is 14.2 Å². The molecule has 198 valence electrons. The number of fused-ring (bicyclic) bond motifs is 1. The standard InChI is InChI=1S/C31H34N2O5/c1-36-22-15-13-20(14-16-22)29-28(30(34)32-26-18-17-23(37-2)19-27(26)38-3)24-11-7-8-12-25(24)31(35)33(29)21-9-5-4-6-10-21/h7-8,11-19,21,28-29H,4-6,9-10H2,1-3H3,(H,32,34)/t28-,29-/m0/s1. The number of nitrogens with one attached hydrogen (secondary N) is 1. The van der Waals surface area contributed by atoms with Gasteiger partial charge in [-0.3, -0.25) is 9.59 Å². The molecule has 0 saturated heterocycles. The van der Waals surface area contributed by atoms with E-state index in [0.29, 0.717) is 22.7 Å². The number of ether oxygens (including phenoxy) is 3. The third-order valence-corrected chi connectivity index (χ3v) is 7.75. The molecule has 0 radical (unpaired) electrons. The number of methoxy groups -OCH3 is 3. The van der Waals surface area contributed by atoms with Crippen LogP contribution in [-0.4, -0.2) is 44.1 Å². The first-order valence-electron chi connectivity index (χ1n) is 13.1. The van der Waals surface area contributed by atoms with E-state index in [1.165, 1.54) is 6.42 Å². The SMILES string of the molecule is COc1ccc([C@H]2[C@@H](C(=O)Nc3ccc(OC)cc3OC)c3ccccc3C(=O)N2C2CCCCC2)cc1. The maximum absolute atomic E-state index is 14.2. The Morgan fingerprint density at radius 3 is 2.21 bits per heavy atom. The zero-order valence-electron chi connectivity index (χ0n) is 22.1. The largest absolute Gasteiger partial charge is 0.497 e. The van der Waals surface area contributed by atoms with Crippen molar-refractivity contribution in [1.29, 1.82) is 0 Å². The highest BCUT2D eigenvalue weighted by atomic mass is 16.5. The van der Waals surface area contributed by atoms with Gasteiger partial charge in [0.1, 0.15) is 17.2 Å². The Hall–Kier alpha value is -4.00. The van der Waals surface area contributed by atoms with Crippen LogP contribution in [0.25, 0.3) is 0 Å². The summed E-state index contributed by atoms with van der Waals surface area (Å²) in [7, 11) is 4.77. The van der Waals surface area contributed by atoms with E-state index >= 15 is 0 Å². The fraction of sp³-hybridized carbons (Fsp3) is 0.355. The number of carbonyl (C=O) groups excluding carboxylic acids is 2. The predicted octanol–water partition coefficient (Wildman–Crippen LogP) is 5.96. The first kappa shape index (κ1) is 25.6. The van der Waals surface area contributed by atoms with Gasteiger partial charge in [-0.2, -0.15) is 0 Å². The molecule has 5 rings (SSSR count). The average molecular weight is 515 g/mol. The van der Waals surface area contributed by atoms with Crippen LogP contribution in [0.4, 0.5) is 5.69 Å². The van der Waals surface area contributed by atoms with Crippen LogP contribution in [0.1, 0.15) is 65.5 Å². The Kier molecular flexibility index (Phi) is 7.54. The molecular weight excluding hydrogens is 480 g/mol. The maximum atomic E-state index is 14.2. The van der Waals surface area contributed by atoms with Crippen LogP contribution < -0.4 is 19.5 Å². The molecule has 7 heteroatoms. The molecule has 1 aliphatic carbocycles. The second-order valence-corrected chi connectivity index (χ2v) is 9.84. The highest BCUT2D eigenvalue weighted by molar-refractivity contribution is 6.05. The minimum absolute atomic E-state index is 0.0144. The third-order valence-electron chi connectivity index (χ3n) is 7.75. The van der Waals surface area contributed by atoms with Gasteiger partial charge in [0.15, 0.2) is 0 Å². The van der Waals surface area contributed by atoms with Crippen molar-refractivity contribution in [2.24, 2.45) is 0 Å². The summed E-state index contributed by atoms with van der Waals surface area (Å²) in [6, 6.07) is 20.1. The Morgan fingerprint density at radius 1 is 0.842 bits per heavy atom. The van der Waals surface area contributed by atoms with E-state index in [0.717, 1.165) is 42.6 Å². The molecule has 2 atom stereocenters. The van der Waals surface area contributed by atoms with Crippen molar-refractivity contribution < 1.29 is 23.8 Å². The molecule has 1 fully saturated rings. The van der Waals surface area contributed by atoms with Gasteiger partial charge in [0.25, 0.3) is 5.91 Å². The van der Waals surface area contributed by atoms with E-state index in [9.17, 15) is 9.59 Å². The molecule has 1 heterocycles. The Bertz CT molecular complexity index is 1300. The molecule has 1 aliphatic heterocycles. The molecule has 3 aromatic rings. The lowest BCUT2D eigenvalue weighted by molar-refractivity contribution is -0.119. The molecule has 3 aromatic carbocycles. The number of rotatable bonds is 7. The number of nitrogens with zero attached hydrogens (tertiary/aromatic N) is 1. The topological polar surface area (TPSA) is 77.1 Å². The van der Waals surface area contributed by atoms with Crippen LogP contribution in [0.2, 0.25) is 0 Å². The van der Waals surface area contributed by atoms with Gasteiger partial charge in [0.05, 0.1) is 39.0 Å². The molecule has 2 aliphatic rings. The van der Waals surface area contributed by atoms with Gasteiger partial charge < -0.3 is 24.4 Å². The number of hydrogen-bond donors (Lipinski definition) is 1. The highest BCUT2D eigenvalue weighted by Gasteiger charge is 2.46. The lowest BCUT2D eigenvalue weighted by atomic mass is 9.77. The van der Waals surface area contributed by atoms with E-state index in [2.05, 4.69) is 5.32 Å². The molecule has 7 nitrogen and oxygen atoms in total. The Morgan fingerprint density at radius 2 is 1.53 bits per heavy atom. The van der Waals surface area contributed by atoms with E-state index in [-0.39, 0.29) is 17.9 Å². The maximum Gasteiger partial charge on any atom is 0.254 e. The van der Waals surface area contributed by atoms with Crippen LogP contribution in [0.3, 0.4) is 0 Å². The number of benzene rings is 3. The molecule has 1 saturated carbocycles. The van der Waals surface area contributed by atoms with Crippen LogP contribution >= 0.6 is 0 Å². The normalized spacial score (nSPS) is 19.4. The quantitative estimate of drug-likeness (QED) is 0.421. The number of amides is 2. The van der Waals surface area contributed by atoms with Crippen LogP contribution in [0.5, 0.6) is 17.2 Å². The van der Waals surface area contributed by atoms with Crippen molar-refractivity contribution in [3.63, 3.8) is 0 Å². The molecule has 0 spiro atoms. The number of carbonyl (C=O) groups is 2. The van der Waals surface area contributed by atoms with Crippen molar-refractivity contribution in [2.45, 2.75) is 50.1 Å². The zero-order chi connectivity index (χ0) is 26.6. The summed E-state index contributed by atoms with van der Waals surface area (Å²) in [4.78, 5) is 30.3. The Balaban J connectivity index is 1.62. The van der Waals surface area contributed by atoms with Crippen LogP contribution in [-0.2, 0) is 4.79 Å². The van der Waals surface area contributed by atoms with E-state index < -0.39 is 12.0 Å². The summed E-state index contributed by atoms with van der Waals surface area (Å²) < 4.78 is 16.3. The van der Waals surface area contributed by atoms with Crippen molar-refractivity contribution in [3.05, 3.63) is 83.4 Å². The lowest BCUT2D eigenvalue weighted by Gasteiger charge is -2.46. The smallest absolute Gasteiger partial charge is 0.254 e. The second kappa shape index (κ2) is 11.2. The molecule has 1 N–H and O–H groups in total. The van der Waals surface area contributed by atoms with Gasteiger partial charge in [-0.05, 0) is 54.3 Å². The Labute approximate surface area is 223 Å². The van der Waals surface area contributed by atoms with Gasteiger partial charge >= 0.3 is 0 Å². The van der Waals surface area contributed by atoms with E-state index in [1.54, 1.807) is 39.5 Å². The van der Waals surface area contributed by atoms with Crippen LogP contribution in [0, 0.1) is 0 Å². The van der Waals surface area contributed by atoms with E-state index in [1.807, 2.05) is 53.4 Å². The minimum atomic E-state index is -0.619. The average Bonchev–Trinajstić information content (AvgIpc) is 2.97. The summed E-state index contributed by atoms with van der Waals surface area (Å²) in [5.41, 5.74) is 2.77. The summed E-state index contributed by atoms with van der Waals surface area (Å²) in [5.74, 6) is 1.03. The van der Waals surface area contributed by atoms with Gasteiger partial charge in [-0.15, -0.1) is 0 Å². The van der Waals surface area contributed by atoms with Gasteiger partial charge in [-0.1, -0.05) is 49.6 Å². The van der Waals surface area contributed by atoms with Crippen molar-refractivity contribution in [1.82, 2.24) is 4.90 Å². The van der Waals surface area contributed by atoms with Crippen LogP contribution in [0.15, 0.2) is 66.7 Å². The minimum Gasteiger partial charge on any atom is -0.497 e. The fourth-order valence-corrected chi connectivity index (χ4v) is 5.86. The first-order chi connectivity index (χ1) is 18.5. The zero-order valence-corrected chi connectivity index (χ0v) is 22.1. The van der Waals surface area contributed by atoms with Crippen molar-refractivity contribution in [2.75, 3.05) is 26.6 Å². The second-order valence-electron chi connectivity index (χ2n) is 9.84. The lowest BCUT2D eigenvalue weighted by Crippen LogP contribution is -2.51. The summed E-state index contributed by atoms with van der Waals surface area (Å²) >= 11 is 0. The van der Waals surface area contributed by atoms with Crippen molar-refractivity contribution >= 4 is 17.5 Å². The molecule has 0 unspecified atom stereocenters. The fourth-order valence-electron chi connectivity index (χ4n) is 5.86. The van der Waals surface area contributed by atoms with Crippen molar-refractivity contribution in [3.8, 4) is 17.2 Å². The predicted molar refractivity (Wildman–Crippen MR) is 146 cm³/mol. The molecule has 38 heavy (non-hydrogen) atoms. The molecule has 2 amide bonds. The summed E-state index contributed by atoms with van der Waals surface area (Å²) in [6.07, 6.45) is 5.18. The first-order valence-corrected chi connectivity index (χ1v) is 13.1. The number of hydrogen-bond acceptors (Lipinski definition) is 5. The van der Waals surface area contributed by atoms with Gasteiger partial charge in [0.2, 0.25) is 5.91 Å². The molecular formula is C31H34N2O5. The molecule has 0 aromatic heterocycles. The third kappa shape index (κ3) is 4.80. The van der Waals surface area contributed by atoms with Gasteiger partial charge in [0, 0.05) is 17.7 Å². The summed E-state index contributed by atoms with van der Waals surface area (Å²) in [5, 5.41) is 3.10. The summed E-state index contributed by atoms with van der Waals surface area (Å²) in [6.45, 7) is 0.